The number of ether oxygens (including phenoxy) is 1. The molecule has 25 heavy (non-hydrogen) atoms. The van der Waals surface area contributed by atoms with Gasteiger partial charge in [-0.1, -0.05) is 15.9 Å². The maximum atomic E-state index is 12.1. The Morgan fingerprint density at radius 2 is 1.92 bits per heavy atom. The zero-order valence-electron chi connectivity index (χ0n) is 14.3. The van der Waals surface area contributed by atoms with Crippen molar-refractivity contribution in [3.63, 3.8) is 0 Å². The summed E-state index contributed by atoms with van der Waals surface area (Å²) in [4.78, 5) is 14.4. The quantitative estimate of drug-likeness (QED) is 0.619. The number of anilines is 1. The Balaban J connectivity index is 1.82. The lowest BCUT2D eigenvalue weighted by molar-refractivity contribution is -0.119. The fraction of sp³-hybridized carbons (Fsp3) is 0.562. The van der Waals surface area contributed by atoms with E-state index in [1.165, 1.54) is 0 Å². The van der Waals surface area contributed by atoms with E-state index in [1.807, 2.05) is 0 Å². The Morgan fingerprint density at radius 1 is 1.28 bits per heavy atom. The molecular formula is C16H24BrN3O4S. The van der Waals surface area contributed by atoms with Gasteiger partial charge in [-0.2, -0.15) is 0 Å². The zero-order chi connectivity index (χ0) is 18.3. The second-order valence-electron chi connectivity index (χ2n) is 5.90. The van der Waals surface area contributed by atoms with Crippen molar-refractivity contribution in [2.24, 2.45) is 0 Å². The van der Waals surface area contributed by atoms with Crippen molar-refractivity contribution < 1.29 is 17.9 Å². The Bertz CT molecular complexity index is 660. The number of hydrogen-bond acceptors (Lipinski definition) is 5. The summed E-state index contributed by atoms with van der Waals surface area (Å²) in [6.07, 6.45) is 1.92. The zero-order valence-corrected chi connectivity index (χ0v) is 16.7. The van der Waals surface area contributed by atoms with Crippen LogP contribution in [-0.4, -0.2) is 71.4 Å². The van der Waals surface area contributed by atoms with Gasteiger partial charge in [0.05, 0.1) is 25.2 Å². The van der Waals surface area contributed by atoms with Crippen LogP contribution in [0.1, 0.15) is 6.42 Å². The molecule has 1 N–H and O–H groups in total. The molecule has 9 heteroatoms. The minimum atomic E-state index is -3.54. The highest BCUT2D eigenvalue weighted by Crippen LogP contribution is 2.20. The number of rotatable bonds is 8. The van der Waals surface area contributed by atoms with Crippen LogP contribution in [0.3, 0.4) is 0 Å². The minimum Gasteiger partial charge on any atom is -0.379 e. The molecule has 1 saturated heterocycles. The Hall–Kier alpha value is -1.16. The average molecular weight is 434 g/mol. The summed E-state index contributed by atoms with van der Waals surface area (Å²) in [5, 5.41) is 2.79. The first-order valence-corrected chi connectivity index (χ1v) is 10.8. The number of morpholine rings is 1. The van der Waals surface area contributed by atoms with Crippen molar-refractivity contribution in [3.05, 3.63) is 28.7 Å². The number of sulfonamides is 1. The van der Waals surface area contributed by atoms with E-state index in [4.69, 9.17) is 4.74 Å². The van der Waals surface area contributed by atoms with Gasteiger partial charge < -0.3 is 10.1 Å². The van der Waals surface area contributed by atoms with Crippen LogP contribution in [0.4, 0.5) is 5.69 Å². The third-order valence-corrected chi connectivity index (χ3v) is 5.55. The second-order valence-corrected chi connectivity index (χ2v) is 8.73. The van der Waals surface area contributed by atoms with Crippen molar-refractivity contribution in [3.8, 4) is 0 Å². The molecule has 7 nitrogen and oxygen atoms in total. The Labute approximate surface area is 157 Å². The number of halogens is 1. The van der Waals surface area contributed by atoms with Crippen LogP contribution in [0.25, 0.3) is 0 Å². The maximum absolute atomic E-state index is 12.1. The molecule has 1 aromatic carbocycles. The summed E-state index contributed by atoms with van der Waals surface area (Å²) < 4.78 is 31.3. The van der Waals surface area contributed by atoms with Crippen molar-refractivity contribution in [2.75, 3.05) is 56.5 Å². The molecule has 0 atom stereocenters. The van der Waals surface area contributed by atoms with Gasteiger partial charge in [-0.15, -0.1) is 0 Å². The van der Waals surface area contributed by atoms with Gasteiger partial charge in [-0.05, 0) is 37.2 Å². The van der Waals surface area contributed by atoms with Gasteiger partial charge in [0.1, 0.15) is 6.54 Å². The van der Waals surface area contributed by atoms with E-state index < -0.39 is 10.0 Å². The molecule has 140 valence electrons. The van der Waals surface area contributed by atoms with Gasteiger partial charge in [0.25, 0.3) is 0 Å². The van der Waals surface area contributed by atoms with Crippen molar-refractivity contribution in [1.29, 1.82) is 0 Å². The van der Waals surface area contributed by atoms with Gasteiger partial charge in [0.15, 0.2) is 0 Å². The van der Waals surface area contributed by atoms with Crippen LogP contribution in [-0.2, 0) is 19.6 Å². The lowest BCUT2D eigenvalue weighted by Gasteiger charge is -2.26. The highest BCUT2D eigenvalue weighted by atomic mass is 79.9. The van der Waals surface area contributed by atoms with E-state index in [-0.39, 0.29) is 12.5 Å². The van der Waals surface area contributed by atoms with Gasteiger partial charge >= 0.3 is 0 Å². The Kier molecular flexibility index (Phi) is 7.67. The van der Waals surface area contributed by atoms with E-state index in [1.54, 1.807) is 24.3 Å². The van der Waals surface area contributed by atoms with Crippen molar-refractivity contribution in [2.45, 2.75) is 6.42 Å². The predicted octanol–water partition coefficient (Wildman–Crippen LogP) is 1.05. The molecule has 0 aromatic heterocycles. The number of benzene rings is 1. The summed E-state index contributed by atoms with van der Waals surface area (Å²) in [6, 6.07) is 6.81. The summed E-state index contributed by atoms with van der Waals surface area (Å²) in [6.45, 7) is 4.53. The monoisotopic (exact) mass is 433 g/mol. The van der Waals surface area contributed by atoms with Gasteiger partial charge in [0, 0.05) is 24.1 Å². The lowest BCUT2D eigenvalue weighted by atomic mass is 10.3. The summed E-state index contributed by atoms with van der Waals surface area (Å²) in [5.41, 5.74) is 0.467. The van der Waals surface area contributed by atoms with Crippen LogP contribution >= 0.6 is 15.9 Å². The van der Waals surface area contributed by atoms with Gasteiger partial charge in [-0.25, -0.2) is 8.42 Å². The molecule has 1 aliphatic rings. The highest BCUT2D eigenvalue weighted by Gasteiger charge is 2.20. The van der Waals surface area contributed by atoms with Crippen molar-refractivity contribution >= 4 is 37.5 Å². The smallest absolute Gasteiger partial charge is 0.240 e. The first kappa shape index (κ1) is 20.2. The normalized spacial score (nSPS) is 15.8. The molecule has 0 saturated carbocycles. The maximum Gasteiger partial charge on any atom is 0.240 e. The van der Waals surface area contributed by atoms with E-state index >= 15 is 0 Å². The van der Waals surface area contributed by atoms with E-state index in [2.05, 4.69) is 26.1 Å². The standard InChI is InChI=1S/C16H24BrN3O4S/c1-25(22,23)20(15-5-3-14(17)4-6-15)13-16(21)18-7-2-8-19-9-11-24-12-10-19/h3-6H,2,7-13H2,1H3,(H,18,21). The highest BCUT2D eigenvalue weighted by molar-refractivity contribution is 9.10. The van der Waals surface area contributed by atoms with Gasteiger partial charge in [-0.3, -0.25) is 14.0 Å². The largest absolute Gasteiger partial charge is 0.379 e. The molecule has 1 amide bonds. The molecule has 1 fully saturated rings. The fourth-order valence-corrected chi connectivity index (χ4v) is 3.67. The topological polar surface area (TPSA) is 79.0 Å². The van der Waals surface area contributed by atoms with Crippen LogP contribution < -0.4 is 9.62 Å². The lowest BCUT2D eigenvalue weighted by Crippen LogP contribution is -2.41. The number of hydrogen-bond donors (Lipinski definition) is 1. The third-order valence-electron chi connectivity index (χ3n) is 3.88. The number of carbonyl (C=O) groups excluding carboxylic acids is 1. The molecular weight excluding hydrogens is 410 g/mol. The Morgan fingerprint density at radius 3 is 2.52 bits per heavy atom. The van der Waals surface area contributed by atoms with Crippen molar-refractivity contribution in [1.82, 2.24) is 10.2 Å². The molecule has 1 aliphatic heterocycles. The van der Waals surface area contributed by atoms with Crippen LogP contribution in [0.15, 0.2) is 28.7 Å². The third kappa shape index (κ3) is 6.93. The molecule has 0 spiro atoms. The first-order chi connectivity index (χ1) is 11.9. The number of amides is 1. The van der Waals surface area contributed by atoms with E-state index in [9.17, 15) is 13.2 Å². The van der Waals surface area contributed by atoms with Crippen LogP contribution in [0, 0.1) is 0 Å². The summed E-state index contributed by atoms with van der Waals surface area (Å²) in [7, 11) is -3.54. The number of carbonyl (C=O) groups is 1. The number of nitrogens with zero attached hydrogens (tertiary/aromatic N) is 2. The predicted molar refractivity (Wildman–Crippen MR) is 101 cm³/mol. The van der Waals surface area contributed by atoms with Crippen LogP contribution in [0.2, 0.25) is 0 Å². The fourth-order valence-electron chi connectivity index (χ4n) is 2.55. The average Bonchev–Trinajstić information content (AvgIpc) is 2.57. The molecule has 1 aromatic rings. The molecule has 1 heterocycles. The molecule has 0 bridgehead atoms. The van der Waals surface area contributed by atoms with E-state index in [0.29, 0.717) is 12.2 Å². The van der Waals surface area contributed by atoms with E-state index in [0.717, 1.165) is 54.3 Å². The summed E-state index contributed by atoms with van der Waals surface area (Å²) in [5.74, 6) is -0.310. The SMILES string of the molecule is CS(=O)(=O)N(CC(=O)NCCCN1CCOCC1)c1ccc(Br)cc1. The molecule has 0 radical (unpaired) electrons. The molecule has 0 aliphatic carbocycles. The second kappa shape index (κ2) is 9.51. The van der Waals surface area contributed by atoms with Gasteiger partial charge in [0.2, 0.25) is 15.9 Å². The number of nitrogens with one attached hydrogen (secondary N) is 1. The summed E-state index contributed by atoms with van der Waals surface area (Å²) >= 11 is 3.31. The van der Waals surface area contributed by atoms with Crippen LogP contribution in [0.5, 0.6) is 0 Å². The molecule has 0 unspecified atom stereocenters. The molecule has 2 rings (SSSR count). The minimum absolute atomic E-state index is 0.224. The first-order valence-electron chi connectivity index (χ1n) is 8.16.